The van der Waals surface area contributed by atoms with Crippen molar-refractivity contribution < 1.29 is 0 Å². The van der Waals surface area contributed by atoms with Crippen molar-refractivity contribution in [1.29, 1.82) is 0 Å². The van der Waals surface area contributed by atoms with Crippen molar-refractivity contribution in [2.45, 2.75) is 46.6 Å². The number of aryl methyl sites for hydroxylation is 4. The van der Waals surface area contributed by atoms with Crippen LogP contribution in [0.5, 0.6) is 0 Å². The molecule has 2 aromatic rings. The molecule has 2 rings (SSSR count). The molecule has 1 N–H and O–H groups in total. The minimum absolute atomic E-state index is 0.902. The summed E-state index contributed by atoms with van der Waals surface area (Å²) in [5, 5.41) is 8.70. The first kappa shape index (κ1) is 14.0. The number of hydrogen-bond acceptors (Lipinski definition) is 5. The molecule has 2 heterocycles. The predicted octanol–water partition coefficient (Wildman–Crippen LogP) is 2.81. The number of anilines is 1. The van der Waals surface area contributed by atoms with E-state index in [2.05, 4.69) is 44.4 Å². The zero-order valence-electron chi connectivity index (χ0n) is 11.8. The molecular formula is C13H21N5S. The monoisotopic (exact) mass is 279 g/mol. The zero-order chi connectivity index (χ0) is 13.7. The summed E-state index contributed by atoms with van der Waals surface area (Å²) in [6.45, 7) is 8.10. The fourth-order valence-electron chi connectivity index (χ4n) is 1.98. The minimum Gasteiger partial charge on any atom is -0.360 e. The van der Waals surface area contributed by atoms with Gasteiger partial charge in [-0.15, -0.1) is 0 Å². The summed E-state index contributed by atoms with van der Waals surface area (Å²) in [5.74, 6) is 0.952. The highest BCUT2D eigenvalue weighted by molar-refractivity contribution is 7.09. The number of aromatic nitrogens is 4. The second kappa shape index (κ2) is 6.65. The van der Waals surface area contributed by atoms with Crippen molar-refractivity contribution in [1.82, 2.24) is 19.1 Å². The Labute approximate surface area is 118 Å². The number of rotatable bonds is 7. The minimum atomic E-state index is 0.902. The first-order valence-corrected chi connectivity index (χ1v) is 7.54. The Morgan fingerprint density at radius 3 is 2.89 bits per heavy atom. The molecule has 6 heteroatoms. The molecule has 0 saturated heterocycles. The van der Waals surface area contributed by atoms with Crippen LogP contribution in [0.3, 0.4) is 0 Å². The molecule has 0 saturated carbocycles. The summed E-state index contributed by atoms with van der Waals surface area (Å²) in [5.41, 5.74) is 2.30. The SMILES string of the molecule is CCCc1nsc(NCCCn2nc(C)cc2C)n1. The third-order valence-corrected chi connectivity index (χ3v) is 3.58. The van der Waals surface area contributed by atoms with Crippen LogP contribution < -0.4 is 5.32 Å². The average molecular weight is 279 g/mol. The van der Waals surface area contributed by atoms with Crippen molar-refractivity contribution in [3.8, 4) is 0 Å². The van der Waals surface area contributed by atoms with Gasteiger partial charge < -0.3 is 5.32 Å². The molecular weight excluding hydrogens is 258 g/mol. The third-order valence-electron chi connectivity index (χ3n) is 2.87. The van der Waals surface area contributed by atoms with Crippen LogP contribution in [-0.4, -0.2) is 25.7 Å². The Morgan fingerprint density at radius 1 is 1.37 bits per heavy atom. The maximum atomic E-state index is 4.45. The first-order chi connectivity index (χ1) is 9.19. The van der Waals surface area contributed by atoms with E-state index in [9.17, 15) is 0 Å². The van der Waals surface area contributed by atoms with Gasteiger partial charge in [-0.1, -0.05) is 6.92 Å². The summed E-state index contributed by atoms with van der Waals surface area (Å²) in [6, 6.07) is 2.11. The van der Waals surface area contributed by atoms with Gasteiger partial charge in [0, 0.05) is 36.7 Å². The van der Waals surface area contributed by atoms with E-state index >= 15 is 0 Å². The summed E-state index contributed by atoms with van der Waals surface area (Å²) < 4.78 is 6.37. The fourth-order valence-corrected chi connectivity index (χ4v) is 2.61. The summed E-state index contributed by atoms with van der Waals surface area (Å²) in [4.78, 5) is 4.44. The van der Waals surface area contributed by atoms with E-state index in [0.717, 1.165) is 49.0 Å². The van der Waals surface area contributed by atoms with Gasteiger partial charge in [0.15, 0.2) is 0 Å². The molecule has 0 radical (unpaired) electrons. The Morgan fingerprint density at radius 2 is 2.21 bits per heavy atom. The van der Waals surface area contributed by atoms with Gasteiger partial charge in [-0.25, -0.2) is 4.98 Å². The maximum Gasteiger partial charge on any atom is 0.202 e. The summed E-state index contributed by atoms with van der Waals surface area (Å²) >= 11 is 1.45. The largest absolute Gasteiger partial charge is 0.360 e. The number of nitrogens with zero attached hydrogens (tertiary/aromatic N) is 4. The lowest BCUT2D eigenvalue weighted by molar-refractivity contribution is 0.573. The molecule has 0 aromatic carbocycles. The molecule has 0 spiro atoms. The Hall–Kier alpha value is -1.43. The van der Waals surface area contributed by atoms with Gasteiger partial charge in [0.2, 0.25) is 5.13 Å². The standard InChI is InChI=1S/C13H21N5S/c1-4-6-12-15-13(19-17-12)14-7-5-8-18-11(3)9-10(2)16-18/h9H,4-8H2,1-3H3,(H,14,15,17). The van der Waals surface area contributed by atoms with E-state index in [1.165, 1.54) is 17.2 Å². The van der Waals surface area contributed by atoms with E-state index in [0.29, 0.717) is 0 Å². The van der Waals surface area contributed by atoms with Crippen LogP contribution in [0.2, 0.25) is 0 Å². The van der Waals surface area contributed by atoms with Crippen molar-refractivity contribution in [3.05, 3.63) is 23.3 Å². The molecule has 0 amide bonds. The van der Waals surface area contributed by atoms with Gasteiger partial charge in [-0.2, -0.15) is 9.47 Å². The quantitative estimate of drug-likeness (QED) is 0.792. The van der Waals surface area contributed by atoms with Gasteiger partial charge in [0.25, 0.3) is 0 Å². The van der Waals surface area contributed by atoms with E-state index in [1.54, 1.807) is 0 Å². The smallest absolute Gasteiger partial charge is 0.202 e. The van der Waals surface area contributed by atoms with Crippen LogP contribution >= 0.6 is 11.5 Å². The van der Waals surface area contributed by atoms with Crippen molar-refractivity contribution in [2.75, 3.05) is 11.9 Å². The first-order valence-electron chi connectivity index (χ1n) is 6.76. The Balaban J connectivity index is 1.72. The van der Waals surface area contributed by atoms with E-state index in [-0.39, 0.29) is 0 Å². The Kier molecular flexibility index (Phi) is 4.90. The molecule has 0 aliphatic carbocycles. The summed E-state index contributed by atoms with van der Waals surface area (Å²) in [6.07, 6.45) is 3.09. The second-order valence-electron chi connectivity index (χ2n) is 4.70. The maximum absolute atomic E-state index is 4.45. The van der Waals surface area contributed by atoms with Crippen LogP contribution in [0.1, 0.15) is 37.0 Å². The van der Waals surface area contributed by atoms with Gasteiger partial charge in [-0.3, -0.25) is 4.68 Å². The van der Waals surface area contributed by atoms with Gasteiger partial charge in [0.1, 0.15) is 5.82 Å². The number of hydrogen-bond donors (Lipinski definition) is 1. The zero-order valence-corrected chi connectivity index (χ0v) is 12.6. The molecule has 0 unspecified atom stereocenters. The molecule has 0 bridgehead atoms. The normalized spacial score (nSPS) is 10.9. The lowest BCUT2D eigenvalue weighted by atomic mass is 10.3. The molecule has 0 aliphatic heterocycles. The van der Waals surface area contributed by atoms with Gasteiger partial charge >= 0.3 is 0 Å². The van der Waals surface area contributed by atoms with E-state index in [4.69, 9.17) is 0 Å². The molecule has 5 nitrogen and oxygen atoms in total. The van der Waals surface area contributed by atoms with Gasteiger partial charge in [-0.05, 0) is 32.8 Å². The molecule has 19 heavy (non-hydrogen) atoms. The molecule has 104 valence electrons. The second-order valence-corrected chi connectivity index (χ2v) is 5.45. The van der Waals surface area contributed by atoms with Crippen molar-refractivity contribution in [3.63, 3.8) is 0 Å². The predicted molar refractivity (Wildman–Crippen MR) is 78.7 cm³/mol. The van der Waals surface area contributed by atoms with Crippen LogP contribution in [0.4, 0.5) is 5.13 Å². The third kappa shape index (κ3) is 4.02. The Bertz CT molecular complexity index is 517. The van der Waals surface area contributed by atoms with Crippen LogP contribution in [-0.2, 0) is 13.0 Å². The summed E-state index contributed by atoms with van der Waals surface area (Å²) in [7, 11) is 0. The van der Waals surface area contributed by atoms with E-state index < -0.39 is 0 Å². The topological polar surface area (TPSA) is 55.6 Å². The molecule has 0 atom stereocenters. The van der Waals surface area contributed by atoms with Crippen molar-refractivity contribution in [2.24, 2.45) is 0 Å². The van der Waals surface area contributed by atoms with Gasteiger partial charge in [0.05, 0.1) is 5.69 Å². The fraction of sp³-hybridized carbons (Fsp3) is 0.615. The average Bonchev–Trinajstić information content (AvgIpc) is 2.93. The van der Waals surface area contributed by atoms with Crippen molar-refractivity contribution >= 4 is 16.7 Å². The molecule has 2 aromatic heterocycles. The lowest BCUT2D eigenvalue weighted by Gasteiger charge is -2.04. The molecule has 0 aliphatic rings. The molecule has 0 fully saturated rings. The van der Waals surface area contributed by atoms with Crippen LogP contribution in [0.15, 0.2) is 6.07 Å². The van der Waals surface area contributed by atoms with Crippen LogP contribution in [0, 0.1) is 13.8 Å². The van der Waals surface area contributed by atoms with E-state index in [1.807, 2.05) is 6.92 Å². The van der Waals surface area contributed by atoms with Crippen LogP contribution in [0.25, 0.3) is 0 Å². The highest BCUT2D eigenvalue weighted by Crippen LogP contribution is 2.12. The number of nitrogens with one attached hydrogen (secondary N) is 1. The lowest BCUT2D eigenvalue weighted by Crippen LogP contribution is -2.08. The highest BCUT2D eigenvalue weighted by Gasteiger charge is 2.03. The highest BCUT2D eigenvalue weighted by atomic mass is 32.1.